The lowest BCUT2D eigenvalue weighted by Crippen LogP contribution is -2.35. The van der Waals surface area contributed by atoms with Crippen molar-refractivity contribution in [2.75, 3.05) is 9.80 Å². The maximum absolute atomic E-state index is 2.46. The van der Waals surface area contributed by atoms with E-state index < -0.39 is 0 Å². The van der Waals surface area contributed by atoms with Crippen molar-refractivity contribution in [3.8, 4) is 44.5 Å². The fraction of sp³-hybridized carbons (Fsp3) is 0.194. The van der Waals surface area contributed by atoms with Crippen LogP contribution in [-0.2, 0) is 21.7 Å². The molecular weight excluding hydrogens is 773 g/mol. The van der Waals surface area contributed by atoms with E-state index in [0.717, 1.165) is 5.69 Å². The molecule has 12 rings (SSSR count). The quantitative estimate of drug-likeness (QED) is 0.171. The third-order valence-electron chi connectivity index (χ3n) is 15.5. The van der Waals surface area contributed by atoms with Gasteiger partial charge in [0.1, 0.15) is 0 Å². The minimum atomic E-state index is -0.128. The van der Waals surface area contributed by atoms with Crippen LogP contribution in [0.3, 0.4) is 0 Å². The third kappa shape index (κ3) is 5.38. The van der Waals surface area contributed by atoms with Crippen LogP contribution in [0, 0.1) is 0 Å². The monoisotopic (exact) mass is 826 g/mol. The minimum Gasteiger partial charge on any atom is -0.317 e. The zero-order chi connectivity index (χ0) is 43.9. The van der Waals surface area contributed by atoms with E-state index in [1.807, 2.05) is 0 Å². The van der Waals surface area contributed by atoms with Crippen molar-refractivity contribution < 1.29 is 0 Å². The summed E-state index contributed by atoms with van der Waals surface area (Å²) >= 11 is 0. The summed E-state index contributed by atoms with van der Waals surface area (Å²) in [4.78, 5) is 4.90. The summed E-state index contributed by atoms with van der Waals surface area (Å²) in [6.07, 6.45) is 4.67. The molecule has 2 heterocycles. The van der Waals surface area contributed by atoms with Crippen molar-refractivity contribution in [2.45, 2.75) is 77.0 Å². The lowest BCUT2D eigenvalue weighted by atomic mass is 9.68. The second-order valence-corrected chi connectivity index (χ2v) is 20.7. The molecular formula is C62H54N2. The van der Waals surface area contributed by atoms with Crippen LogP contribution in [0.2, 0.25) is 0 Å². The van der Waals surface area contributed by atoms with E-state index in [0.29, 0.717) is 0 Å². The molecule has 0 amide bonds. The Morgan fingerprint density at radius 1 is 0.359 bits per heavy atom. The van der Waals surface area contributed by atoms with Gasteiger partial charge in [0.25, 0.3) is 0 Å². The van der Waals surface area contributed by atoms with Gasteiger partial charge in [0.05, 0.1) is 5.69 Å². The molecule has 0 atom stereocenters. The summed E-state index contributed by atoms with van der Waals surface area (Å²) in [5.41, 5.74) is 25.6. The number of fused-ring (bicyclic) bond motifs is 8. The van der Waals surface area contributed by atoms with Gasteiger partial charge in [0.15, 0.2) is 0 Å². The average Bonchev–Trinajstić information content (AvgIpc) is 3.68. The Labute approximate surface area is 379 Å². The zero-order valence-electron chi connectivity index (χ0n) is 38.2. The molecule has 0 N–H and O–H groups in total. The van der Waals surface area contributed by atoms with Crippen molar-refractivity contribution in [1.82, 2.24) is 0 Å². The largest absolute Gasteiger partial charge is 0.317 e. The van der Waals surface area contributed by atoms with Gasteiger partial charge in [-0.15, -0.1) is 0 Å². The maximum atomic E-state index is 2.46. The SMILES string of the molecule is CC1(C)C=CN2c3ccccc3C(C)(C)c3ccc(-c4ccc(-c5ccc(N(c6ccc7c(c6)C(C)(C)c6ccccc6-7)c6ccc7c(c6)C(C)(C)c6ccccc6-7)cc5)cc4)c1c32. The smallest absolute Gasteiger partial charge is 0.0543 e. The van der Waals surface area contributed by atoms with Gasteiger partial charge in [-0.25, -0.2) is 0 Å². The molecule has 64 heavy (non-hydrogen) atoms. The molecule has 2 aliphatic carbocycles. The molecule has 8 aromatic rings. The van der Waals surface area contributed by atoms with Crippen molar-refractivity contribution in [1.29, 1.82) is 0 Å². The topological polar surface area (TPSA) is 6.48 Å². The second-order valence-electron chi connectivity index (χ2n) is 20.7. The number of nitrogens with zero attached hydrogens (tertiary/aromatic N) is 2. The van der Waals surface area contributed by atoms with Gasteiger partial charge in [-0.2, -0.15) is 0 Å². The van der Waals surface area contributed by atoms with E-state index in [2.05, 4.69) is 247 Å². The molecule has 0 fully saturated rings. The van der Waals surface area contributed by atoms with E-state index in [1.165, 1.54) is 106 Å². The zero-order valence-corrected chi connectivity index (χ0v) is 38.2. The van der Waals surface area contributed by atoms with Crippen molar-refractivity contribution in [2.24, 2.45) is 0 Å². The summed E-state index contributed by atoms with van der Waals surface area (Å²) in [6, 6.07) is 64.2. The van der Waals surface area contributed by atoms with Gasteiger partial charge in [0, 0.05) is 50.6 Å². The Bertz CT molecular complexity index is 3160. The van der Waals surface area contributed by atoms with Gasteiger partial charge >= 0.3 is 0 Å². The van der Waals surface area contributed by atoms with E-state index in [1.54, 1.807) is 0 Å². The number of benzene rings is 8. The summed E-state index contributed by atoms with van der Waals surface area (Å²) in [5.74, 6) is 0. The first kappa shape index (κ1) is 38.7. The molecule has 2 nitrogen and oxygen atoms in total. The Kier molecular flexibility index (Phi) is 8.06. The number of rotatable bonds is 5. The van der Waals surface area contributed by atoms with E-state index in [-0.39, 0.29) is 21.7 Å². The molecule has 0 saturated carbocycles. The molecule has 2 aliphatic heterocycles. The summed E-state index contributed by atoms with van der Waals surface area (Å²) in [6.45, 7) is 18.9. The maximum Gasteiger partial charge on any atom is 0.0543 e. The van der Waals surface area contributed by atoms with Crippen LogP contribution in [0.15, 0.2) is 182 Å². The number of anilines is 5. The predicted molar refractivity (Wildman–Crippen MR) is 270 cm³/mol. The van der Waals surface area contributed by atoms with Crippen LogP contribution < -0.4 is 9.80 Å². The van der Waals surface area contributed by atoms with Gasteiger partial charge in [-0.05, 0) is 126 Å². The Morgan fingerprint density at radius 3 is 1.38 bits per heavy atom. The molecule has 312 valence electrons. The fourth-order valence-electron chi connectivity index (χ4n) is 12.0. The van der Waals surface area contributed by atoms with Crippen LogP contribution in [0.5, 0.6) is 0 Å². The number of hydrogen-bond donors (Lipinski definition) is 0. The van der Waals surface area contributed by atoms with Gasteiger partial charge in [-0.3, -0.25) is 0 Å². The molecule has 0 spiro atoms. The number of hydrogen-bond acceptors (Lipinski definition) is 2. The molecule has 2 heteroatoms. The number of para-hydroxylation sites is 1. The molecule has 0 bridgehead atoms. The first-order valence-electron chi connectivity index (χ1n) is 23.0. The van der Waals surface area contributed by atoms with Crippen LogP contribution in [0.25, 0.3) is 44.5 Å². The third-order valence-corrected chi connectivity index (χ3v) is 15.5. The average molecular weight is 827 g/mol. The van der Waals surface area contributed by atoms with Gasteiger partial charge < -0.3 is 9.80 Å². The van der Waals surface area contributed by atoms with Gasteiger partial charge in [0.2, 0.25) is 0 Å². The predicted octanol–water partition coefficient (Wildman–Crippen LogP) is 16.7. The molecule has 0 saturated heterocycles. The lowest BCUT2D eigenvalue weighted by Gasteiger charge is -2.46. The molecule has 8 aromatic carbocycles. The Balaban J connectivity index is 0.927. The highest BCUT2D eigenvalue weighted by Crippen LogP contribution is 2.57. The summed E-state index contributed by atoms with van der Waals surface area (Å²) < 4.78 is 0. The highest BCUT2D eigenvalue weighted by Gasteiger charge is 2.42. The summed E-state index contributed by atoms with van der Waals surface area (Å²) in [5, 5.41) is 0. The normalized spacial score (nSPS) is 16.8. The van der Waals surface area contributed by atoms with Crippen molar-refractivity contribution in [3.05, 3.63) is 221 Å². The molecule has 4 aliphatic rings. The molecule has 0 unspecified atom stereocenters. The van der Waals surface area contributed by atoms with Gasteiger partial charge in [-0.1, -0.05) is 189 Å². The fourth-order valence-corrected chi connectivity index (χ4v) is 12.0. The van der Waals surface area contributed by atoms with E-state index >= 15 is 0 Å². The standard InChI is InChI=1S/C62H54N2/c1-59(2)35-36-63-56-20-14-13-19-52(56)62(7,8)53-34-33-45(57(59)58(53)63)41-23-21-39(22-24-41)40-25-27-42(28-26-40)64(43-29-31-48-46-15-9-11-17-50(46)60(3,4)54(48)37-43)44-30-32-49-47-16-10-12-18-51(47)61(5,6)55(49)38-44/h9-38H,1-8H3. The van der Waals surface area contributed by atoms with Crippen molar-refractivity contribution >= 4 is 28.4 Å². The first-order valence-corrected chi connectivity index (χ1v) is 23.0. The Morgan fingerprint density at radius 2 is 0.797 bits per heavy atom. The van der Waals surface area contributed by atoms with Crippen LogP contribution in [0.4, 0.5) is 28.4 Å². The molecule has 0 aromatic heterocycles. The van der Waals surface area contributed by atoms with Crippen molar-refractivity contribution in [3.63, 3.8) is 0 Å². The molecule has 0 radical (unpaired) electrons. The van der Waals surface area contributed by atoms with Crippen LogP contribution in [-0.4, -0.2) is 0 Å². The number of allylic oxidation sites excluding steroid dienone is 1. The van der Waals surface area contributed by atoms with Crippen LogP contribution >= 0.6 is 0 Å². The highest BCUT2D eigenvalue weighted by molar-refractivity contribution is 5.91. The lowest BCUT2D eigenvalue weighted by molar-refractivity contribution is 0.609. The highest BCUT2D eigenvalue weighted by atomic mass is 15.2. The van der Waals surface area contributed by atoms with E-state index in [4.69, 9.17) is 0 Å². The van der Waals surface area contributed by atoms with E-state index in [9.17, 15) is 0 Å². The summed E-state index contributed by atoms with van der Waals surface area (Å²) in [7, 11) is 0. The second kappa shape index (κ2) is 13.3. The first-order chi connectivity index (χ1) is 30.7. The minimum absolute atomic E-state index is 0.101. The Hall–Kier alpha value is -6.90. The van der Waals surface area contributed by atoms with Crippen LogP contribution in [0.1, 0.15) is 94.3 Å².